The van der Waals surface area contributed by atoms with Gasteiger partial charge < -0.3 is 10.1 Å². The lowest BCUT2D eigenvalue weighted by molar-refractivity contribution is 0.0398. The number of benzene rings is 1. The Labute approximate surface area is 102 Å². The summed E-state index contributed by atoms with van der Waals surface area (Å²) in [6, 6.07) is 6.75. The molecule has 1 aromatic carbocycles. The van der Waals surface area contributed by atoms with E-state index in [9.17, 15) is 4.39 Å². The van der Waals surface area contributed by atoms with Crippen LogP contribution in [0, 0.1) is 5.82 Å². The van der Waals surface area contributed by atoms with Gasteiger partial charge >= 0.3 is 0 Å². The van der Waals surface area contributed by atoms with E-state index in [0.29, 0.717) is 0 Å². The highest BCUT2D eigenvalue weighted by atomic mass is 35.5. The molecule has 2 nitrogen and oxygen atoms in total. The first-order chi connectivity index (χ1) is 7.27. The van der Waals surface area contributed by atoms with E-state index in [1.807, 2.05) is 19.2 Å². The topological polar surface area (TPSA) is 21.3 Å². The summed E-state index contributed by atoms with van der Waals surface area (Å²) >= 11 is 0. The maximum Gasteiger partial charge on any atom is 0.123 e. The van der Waals surface area contributed by atoms with Crippen molar-refractivity contribution in [3.63, 3.8) is 0 Å². The summed E-state index contributed by atoms with van der Waals surface area (Å²) in [7, 11) is 1.95. The maximum atomic E-state index is 12.8. The van der Waals surface area contributed by atoms with Gasteiger partial charge in [0, 0.05) is 18.8 Å². The van der Waals surface area contributed by atoms with Crippen LogP contribution in [0.3, 0.4) is 0 Å². The Morgan fingerprint density at radius 3 is 2.25 bits per heavy atom. The summed E-state index contributed by atoms with van der Waals surface area (Å²) in [5.41, 5.74) is 1.11. The smallest absolute Gasteiger partial charge is 0.123 e. The molecule has 1 heterocycles. The van der Waals surface area contributed by atoms with Crippen molar-refractivity contribution in [2.45, 2.75) is 18.4 Å². The highest BCUT2D eigenvalue weighted by molar-refractivity contribution is 5.85. The zero-order chi connectivity index (χ0) is 10.7. The molecular formula is C12H17ClFNO. The van der Waals surface area contributed by atoms with Gasteiger partial charge in [-0.05, 0) is 37.6 Å². The average Bonchev–Trinajstić information content (AvgIpc) is 2.31. The van der Waals surface area contributed by atoms with Crippen LogP contribution in [0.2, 0.25) is 0 Å². The van der Waals surface area contributed by atoms with Crippen molar-refractivity contribution in [3.8, 4) is 0 Å². The minimum absolute atomic E-state index is 0. The van der Waals surface area contributed by atoms with E-state index in [1.165, 1.54) is 12.1 Å². The lowest BCUT2D eigenvalue weighted by Gasteiger charge is -2.37. The summed E-state index contributed by atoms with van der Waals surface area (Å²) in [4.78, 5) is 0. The molecule has 0 atom stereocenters. The van der Waals surface area contributed by atoms with E-state index in [2.05, 4.69) is 5.32 Å². The molecule has 0 spiro atoms. The molecule has 0 aromatic heterocycles. The summed E-state index contributed by atoms with van der Waals surface area (Å²) in [6.07, 6.45) is 1.88. The molecule has 2 rings (SSSR count). The first-order valence-corrected chi connectivity index (χ1v) is 5.29. The van der Waals surface area contributed by atoms with Gasteiger partial charge in [0.15, 0.2) is 0 Å². The summed E-state index contributed by atoms with van der Waals surface area (Å²) in [5, 5.41) is 3.35. The fraction of sp³-hybridized carbons (Fsp3) is 0.500. The molecule has 1 N–H and O–H groups in total. The van der Waals surface area contributed by atoms with E-state index in [-0.39, 0.29) is 23.8 Å². The van der Waals surface area contributed by atoms with Gasteiger partial charge in [0.2, 0.25) is 0 Å². The standard InChI is InChI=1S/C12H16FNO.ClH/c1-14-12(6-8-15-9-7-12)10-2-4-11(13)5-3-10;/h2-5,14H,6-9H2,1H3;1H. The second-order valence-corrected chi connectivity index (χ2v) is 3.95. The lowest BCUT2D eigenvalue weighted by atomic mass is 9.83. The second kappa shape index (κ2) is 5.62. The van der Waals surface area contributed by atoms with Gasteiger partial charge in [0.25, 0.3) is 0 Å². The van der Waals surface area contributed by atoms with Crippen LogP contribution in [0.25, 0.3) is 0 Å². The van der Waals surface area contributed by atoms with Crippen molar-refractivity contribution in [1.29, 1.82) is 0 Å². The molecule has 1 saturated heterocycles. The Morgan fingerprint density at radius 1 is 1.19 bits per heavy atom. The normalized spacial score (nSPS) is 18.9. The van der Waals surface area contributed by atoms with Crippen LogP contribution in [0.5, 0.6) is 0 Å². The number of ether oxygens (including phenoxy) is 1. The van der Waals surface area contributed by atoms with Crippen LogP contribution < -0.4 is 5.32 Å². The van der Waals surface area contributed by atoms with Gasteiger partial charge in [-0.3, -0.25) is 0 Å². The Morgan fingerprint density at radius 2 is 1.75 bits per heavy atom. The van der Waals surface area contributed by atoms with E-state index < -0.39 is 0 Å². The molecule has 16 heavy (non-hydrogen) atoms. The lowest BCUT2D eigenvalue weighted by Crippen LogP contribution is -2.44. The van der Waals surface area contributed by atoms with Crippen molar-refractivity contribution < 1.29 is 9.13 Å². The van der Waals surface area contributed by atoms with E-state index in [4.69, 9.17) is 4.74 Å². The molecule has 1 aromatic rings. The van der Waals surface area contributed by atoms with E-state index >= 15 is 0 Å². The molecule has 1 fully saturated rings. The number of rotatable bonds is 2. The summed E-state index contributed by atoms with van der Waals surface area (Å²) in [5.74, 6) is -0.183. The van der Waals surface area contributed by atoms with Crippen LogP contribution in [-0.2, 0) is 10.3 Å². The Bertz CT molecular complexity index is 322. The van der Waals surface area contributed by atoms with E-state index in [1.54, 1.807) is 0 Å². The van der Waals surface area contributed by atoms with Gasteiger partial charge in [-0.2, -0.15) is 0 Å². The predicted octanol–water partition coefficient (Wildman–Crippen LogP) is 2.47. The highest BCUT2D eigenvalue weighted by Gasteiger charge is 2.32. The first kappa shape index (κ1) is 13.4. The number of halogens is 2. The van der Waals surface area contributed by atoms with Crippen molar-refractivity contribution in [2.24, 2.45) is 0 Å². The van der Waals surface area contributed by atoms with Crippen LogP contribution in [0.1, 0.15) is 18.4 Å². The van der Waals surface area contributed by atoms with Gasteiger partial charge in [0.05, 0.1) is 0 Å². The molecule has 0 saturated carbocycles. The number of hydrogen-bond donors (Lipinski definition) is 1. The SMILES string of the molecule is CNC1(c2ccc(F)cc2)CCOCC1.Cl. The molecule has 0 radical (unpaired) electrons. The number of hydrogen-bond acceptors (Lipinski definition) is 2. The zero-order valence-electron chi connectivity index (χ0n) is 9.33. The zero-order valence-corrected chi connectivity index (χ0v) is 10.1. The maximum absolute atomic E-state index is 12.8. The highest BCUT2D eigenvalue weighted by Crippen LogP contribution is 2.31. The van der Waals surface area contributed by atoms with Gasteiger partial charge in [-0.15, -0.1) is 12.4 Å². The van der Waals surface area contributed by atoms with Gasteiger partial charge in [-0.25, -0.2) is 4.39 Å². The van der Waals surface area contributed by atoms with E-state index in [0.717, 1.165) is 31.6 Å². The average molecular weight is 246 g/mol. The third kappa shape index (κ3) is 2.54. The molecule has 0 aliphatic carbocycles. The van der Waals surface area contributed by atoms with Gasteiger partial charge in [0.1, 0.15) is 5.82 Å². The van der Waals surface area contributed by atoms with Crippen molar-refractivity contribution >= 4 is 12.4 Å². The molecule has 0 amide bonds. The van der Waals surface area contributed by atoms with Crippen LogP contribution >= 0.6 is 12.4 Å². The minimum Gasteiger partial charge on any atom is -0.381 e. The Kier molecular flexibility index (Phi) is 4.71. The quantitative estimate of drug-likeness (QED) is 0.864. The van der Waals surface area contributed by atoms with Gasteiger partial charge in [-0.1, -0.05) is 12.1 Å². The van der Waals surface area contributed by atoms with Crippen molar-refractivity contribution in [3.05, 3.63) is 35.6 Å². The third-order valence-corrected chi connectivity index (χ3v) is 3.22. The molecule has 1 aliphatic rings. The minimum atomic E-state index is -0.183. The fourth-order valence-corrected chi connectivity index (χ4v) is 2.17. The summed E-state index contributed by atoms with van der Waals surface area (Å²) in [6.45, 7) is 1.52. The second-order valence-electron chi connectivity index (χ2n) is 3.95. The fourth-order valence-electron chi connectivity index (χ4n) is 2.17. The predicted molar refractivity (Wildman–Crippen MR) is 64.4 cm³/mol. The van der Waals surface area contributed by atoms with Crippen LogP contribution in [0.4, 0.5) is 4.39 Å². The van der Waals surface area contributed by atoms with Crippen LogP contribution in [0.15, 0.2) is 24.3 Å². The Hall–Kier alpha value is -0.640. The largest absolute Gasteiger partial charge is 0.381 e. The molecule has 1 aliphatic heterocycles. The number of nitrogens with one attached hydrogen (secondary N) is 1. The molecule has 0 bridgehead atoms. The molecule has 4 heteroatoms. The molecule has 0 unspecified atom stereocenters. The van der Waals surface area contributed by atoms with Crippen LogP contribution in [-0.4, -0.2) is 20.3 Å². The molecular weight excluding hydrogens is 229 g/mol. The van der Waals surface area contributed by atoms with Crippen molar-refractivity contribution in [1.82, 2.24) is 5.32 Å². The monoisotopic (exact) mass is 245 g/mol. The Balaban J connectivity index is 0.00000128. The van der Waals surface area contributed by atoms with Crippen molar-refractivity contribution in [2.75, 3.05) is 20.3 Å². The molecule has 90 valence electrons. The first-order valence-electron chi connectivity index (χ1n) is 5.29. The summed E-state index contributed by atoms with van der Waals surface area (Å²) < 4.78 is 18.2. The third-order valence-electron chi connectivity index (χ3n) is 3.22.